The van der Waals surface area contributed by atoms with Gasteiger partial charge in [0.25, 0.3) is 0 Å². The van der Waals surface area contributed by atoms with E-state index in [0.29, 0.717) is 19.6 Å². The fourth-order valence-corrected chi connectivity index (χ4v) is 3.03. The first-order valence-corrected chi connectivity index (χ1v) is 6.93. The van der Waals surface area contributed by atoms with Crippen molar-refractivity contribution in [3.8, 4) is 0 Å². The van der Waals surface area contributed by atoms with Gasteiger partial charge >= 0.3 is 6.18 Å². The summed E-state index contributed by atoms with van der Waals surface area (Å²) in [5, 5.41) is 1.96. The van der Waals surface area contributed by atoms with Gasteiger partial charge in [-0.25, -0.2) is 0 Å². The fourth-order valence-electron chi connectivity index (χ4n) is 2.31. The zero-order chi connectivity index (χ0) is 13.2. The number of halogens is 3. The van der Waals surface area contributed by atoms with Crippen LogP contribution in [0.2, 0.25) is 0 Å². The van der Waals surface area contributed by atoms with Gasteiger partial charge in [0.15, 0.2) is 0 Å². The second kappa shape index (κ2) is 5.59. The molecule has 2 heterocycles. The van der Waals surface area contributed by atoms with Crippen molar-refractivity contribution in [2.75, 3.05) is 19.6 Å². The van der Waals surface area contributed by atoms with E-state index in [2.05, 4.69) is 0 Å². The third kappa shape index (κ3) is 3.46. The van der Waals surface area contributed by atoms with Crippen molar-refractivity contribution in [1.82, 2.24) is 4.90 Å². The number of nitrogens with zero attached hydrogens (tertiary/aromatic N) is 1. The summed E-state index contributed by atoms with van der Waals surface area (Å²) in [6, 6.07) is 3.82. The minimum Gasteiger partial charge on any atom is -0.322 e. The number of rotatable bonds is 3. The maximum atomic E-state index is 12.5. The number of thiophene rings is 1. The molecule has 1 saturated heterocycles. The average molecular weight is 278 g/mol. The van der Waals surface area contributed by atoms with E-state index in [1.807, 2.05) is 22.4 Å². The van der Waals surface area contributed by atoms with E-state index < -0.39 is 12.1 Å². The Kier molecular flexibility index (Phi) is 4.29. The lowest BCUT2D eigenvalue weighted by Crippen LogP contribution is -2.41. The highest BCUT2D eigenvalue weighted by atomic mass is 32.1. The van der Waals surface area contributed by atoms with Crippen LogP contribution in [0.25, 0.3) is 0 Å². The Balaban J connectivity index is 1.80. The Bertz CT molecular complexity index is 356. The standard InChI is InChI=1S/C12H17F3N2S/c13-12(14,15)9-3-5-17(6-4-9)8-10(16)11-2-1-7-18-11/h1-2,7,9-10H,3-6,8,16H2. The molecule has 1 aliphatic heterocycles. The quantitative estimate of drug-likeness (QED) is 0.921. The summed E-state index contributed by atoms with van der Waals surface area (Å²) in [7, 11) is 0. The van der Waals surface area contributed by atoms with Crippen LogP contribution >= 0.6 is 11.3 Å². The van der Waals surface area contributed by atoms with Gasteiger partial charge in [0.05, 0.1) is 12.0 Å². The molecule has 2 rings (SSSR count). The van der Waals surface area contributed by atoms with Crippen LogP contribution in [0.3, 0.4) is 0 Å². The molecule has 1 aliphatic rings. The third-order valence-electron chi connectivity index (χ3n) is 3.41. The predicted octanol–water partition coefficient (Wildman–Crippen LogP) is 3.02. The van der Waals surface area contributed by atoms with Gasteiger partial charge in [-0.15, -0.1) is 11.3 Å². The van der Waals surface area contributed by atoms with E-state index in [1.165, 1.54) is 0 Å². The van der Waals surface area contributed by atoms with E-state index in [9.17, 15) is 13.2 Å². The summed E-state index contributed by atoms with van der Waals surface area (Å²) in [6.45, 7) is 1.62. The number of alkyl halides is 3. The van der Waals surface area contributed by atoms with Crippen LogP contribution in [0.4, 0.5) is 13.2 Å². The predicted molar refractivity (Wildman–Crippen MR) is 66.5 cm³/mol. The van der Waals surface area contributed by atoms with Crippen molar-refractivity contribution < 1.29 is 13.2 Å². The van der Waals surface area contributed by atoms with Crippen molar-refractivity contribution in [3.05, 3.63) is 22.4 Å². The normalized spacial score (nSPS) is 21.1. The van der Waals surface area contributed by atoms with Crippen LogP contribution < -0.4 is 5.73 Å². The Morgan fingerprint density at radius 3 is 2.56 bits per heavy atom. The molecule has 1 fully saturated rings. The molecule has 1 atom stereocenters. The highest BCUT2D eigenvalue weighted by Gasteiger charge is 2.41. The van der Waals surface area contributed by atoms with Crippen LogP contribution in [0.15, 0.2) is 17.5 Å². The number of nitrogens with two attached hydrogens (primary N) is 1. The summed E-state index contributed by atoms with van der Waals surface area (Å²) in [6.07, 6.45) is -3.65. The van der Waals surface area contributed by atoms with Gasteiger partial charge in [0, 0.05) is 11.4 Å². The zero-order valence-corrected chi connectivity index (χ0v) is 10.8. The molecule has 0 saturated carbocycles. The molecule has 1 aromatic heterocycles. The number of hydrogen-bond donors (Lipinski definition) is 1. The molecule has 0 aliphatic carbocycles. The van der Waals surface area contributed by atoms with E-state index in [-0.39, 0.29) is 18.9 Å². The monoisotopic (exact) mass is 278 g/mol. The van der Waals surface area contributed by atoms with Gasteiger partial charge in [-0.1, -0.05) is 6.07 Å². The maximum absolute atomic E-state index is 12.5. The topological polar surface area (TPSA) is 29.3 Å². The van der Waals surface area contributed by atoms with Gasteiger partial charge in [0.2, 0.25) is 0 Å². The van der Waals surface area contributed by atoms with Crippen LogP contribution in [-0.2, 0) is 0 Å². The Morgan fingerprint density at radius 1 is 1.39 bits per heavy atom. The summed E-state index contributed by atoms with van der Waals surface area (Å²) < 4.78 is 37.5. The molecular formula is C12H17F3N2S. The van der Waals surface area contributed by atoms with Crippen molar-refractivity contribution in [2.45, 2.75) is 25.1 Å². The average Bonchev–Trinajstić information content (AvgIpc) is 2.82. The number of piperidine rings is 1. The second-order valence-electron chi connectivity index (χ2n) is 4.74. The van der Waals surface area contributed by atoms with Gasteiger partial charge in [-0.3, -0.25) is 0 Å². The first-order chi connectivity index (χ1) is 8.47. The SMILES string of the molecule is NC(CN1CCC(C(F)(F)F)CC1)c1cccs1. The minimum absolute atomic E-state index is 0.0903. The largest absolute Gasteiger partial charge is 0.391 e. The summed E-state index contributed by atoms with van der Waals surface area (Å²) in [4.78, 5) is 3.13. The molecule has 1 aromatic rings. The van der Waals surface area contributed by atoms with Crippen molar-refractivity contribution in [1.29, 1.82) is 0 Å². The summed E-state index contributed by atoms with van der Waals surface area (Å²) >= 11 is 1.59. The zero-order valence-electron chi connectivity index (χ0n) is 9.99. The van der Waals surface area contributed by atoms with Crippen LogP contribution in [-0.4, -0.2) is 30.7 Å². The van der Waals surface area contributed by atoms with Crippen molar-refractivity contribution in [3.63, 3.8) is 0 Å². The van der Waals surface area contributed by atoms with Crippen molar-refractivity contribution in [2.24, 2.45) is 11.7 Å². The van der Waals surface area contributed by atoms with Gasteiger partial charge in [0.1, 0.15) is 0 Å². The summed E-state index contributed by atoms with van der Waals surface area (Å²) in [5.41, 5.74) is 6.04. The van der Waals surface area contributed by atoms with E-state index in [1.54, 1.807) is 11.3 Å². The third-order valence-corrected chi connectivity index (χ3v) is 4.42. The van der Waals surface area contributed by atoms with Crippen LogP contribution in [0, 0.1) is 5.92 Å². The van der Waals surface area contributed by atoms with Crippen LogP contribution in [0.5, 0.6) is 0 Å². The first-order valence-electron chi connectivity index (χ1n) is 6.05. The minimum atomic E-state index is -4.04. The molecule has 2 N–H and O–H groups in total. The Morgan fingerprint density at radius 2 is 2.06 bits per heavy atom. The fraction of sp³-hybridized carbons (Fsp3) is 0.667. The smallest absolute Gasteiger partial charge is 0.322 e. The van der Waals surface area contributed by atoms with Crippen molar-refractivity contribution >= 4 is 11.3 Å². The first kappa shape index (κ1) is 13.8. The molecule has 2 nitrogen and oxygen atoms in total. The Hall–Kier alpha value is -0.590. The van der Waals surface area contributed by atoms with E-state index in [4.69, 9.17) is 5.73 Å². The molecule has 0 spiro atoms. The van der Waals surface area contributed by atoms with E-state index >= 15 is 0 Å². The number of hydrogen-bond acceptors (Lipinski definition) is 3. The number of likely N-dealkylation sites (tertiary alicyclic amines) is 1. The lowest BCUT2D eigenvalue weighted by atomic mass is 9.96. The molecule has 6 heteroatoms. The highest BCUT2D eigenvalue weighted by molar-refractivity contribution is 7.10. The van der Waals surface area contributed by atoms with Crippen LogP contribution in [0.1, 0.15) is 23.8 Å². The molecule has 0 amide bonds. The summed E-state index contributed by atoms with van der Waals surface area (Å²) in [5.74, 6) is -1.13. The Labute approximate surface area is 109 Å². The molecule has 0 radical (unpaired) electrons. The van der Waals surface area contributed by atoms with E-state index in [0.717, 1.165) is 4.88 Å². The lowest BCUT2D eigenvalue weighted by Gasteiger charge is -2.34. The molecular weight excluding hydrogens is 261 g/mol. The highest BCUT2D eigenvalue weighted by Crippen LogP contribution is 2.34. The molecule has 0 aromatic carbocycles. The molecule has 18 heavy (non-hydrogen) atoms. The second-order valence-corrected chi connectivity index (χ2v) is 5.72. The maximum Gasteiger partial charge on any atom is 0.391 e. The molecule has 0 bridgehead atoms. The van der Waals surface area contributed by atoms with Gasteiger partial charge < -0.3 is 10.6 Å². The molecule has 1 unspecified atom stereocenters. The molecule has 102 valence electrons. The lowest BCUT2D eigenvalue weighted by molar-refractivity contribution is -0.185. The van der Waals surface area contributed by atoms with Gasteiger partial charge in [-0.2, -0.15) is 13.2 Å². The van der Waals surface area contributed by atoms with Gasteiger partial charge in [-0.05, 0) is 37.4 Å².